The van der Waals surface area contributed by atoms with Crippen molar-refractivity contribution in [2.24, 2.45) is 0 Å². The molecule has 0 spiro atoms. The summed E-state index contributed by atoms with van der Waals surface area (Å²) in [5, 5.41) is 0. The zero-order valence-corrected chi connectivity index (χ0v) is 15.4. The molecule has 1 unspecified atom stereocenters. The van der Waals surface area contributed by atoms with Gasteiger partial charge in [-0.1, -0.05) is 66.7 Å². The van der Waals surface area contributed by atoms with Crippen LogP contribution in [0.2, 0.25) is 0 Å². The van der Waals surface area contributed by atoms with Crippen molar-refractivity contribution in [1.82, 2.24) is 0 Å². The number of aryl methyl sites for hydroxylation is 1. The van der Waals surface area contributed by atoms with E-state index in [1.165, 1.54) is 32.7 Å². The molecule has 126 valence electrons. The molecule has 0 aromatic heterocycles. The molecule has 1 aliphatic carbocycles. The fourth-order valence-corrected chi connectivity index (χ4v) is 5.43. The molecule has 0 aliphatic heterocycles. The van der Waals surface area contributed by atoms with E-state index in [4.69, 9.17) is 4.18 Å². The summed E-state index contributed by atoms with van der Waals surface area (Å²) < 4.78 is 6.20. The summed E-state index contributed by atoms with van der Waals surface area (Å²) in [5.41, 5.74) is 7.07. The molecule has 2 heteroatoms. The van der Waals surface area contributed by atoms with Crippen LogP contribution in [0.15, 0.2) is 77.7 Å². The highest BCUT2D eigenvalue weighted by Crippen LogP contribution is 2.40. The van der Waals surface area contributed by atoms with E-state index in [1.54, 1.807) is 0 Å². The van der Waals surface area contributed by atoms with Crippen molar-refractivity contribution < 1.29 is 4.18 Å². The van der Waals surface area contributed by atoms with E-state index in [1.807, 2.05) is 0 Å². The van der Waals surface area contributed by atoms with Gasteiger partial charge < -0.3 is 0 Å². The molecule has 0 saturated carbocycles. The van der Waals surface area contributed by atoms with E-state index in [2.05, 4.69) is 79.7 Å². The molecule has 3 aromatic carbocycles. The minimum atomic E-state index is -0.158. The van der Waals surface area contributed by atoms with E-state index in [0.717, 1.165) is 25.2 Å². The predicted molar refractivity (Wildman–Crippen MR) is 107 cm³/mol. The quantitative estimate of drug-likeness (QED) is 0.423. The van der Waals surface area contributed by atoms with Gasteiger partial charge in [0.1, 0.15) is 6.61 Å². The highest BCUT2D eigenvalue weighted by Gasteiger charge is 2.32. The molecule has 1 aliphatic rings. The Labute approximate surface area is 153 Å². The van der Waals surface area contributed by atoms with Gasteiger partial charge in [0.25, 0.3) is 0 Å². The van der Waals surface area contributed by atoms with Crippen LogP contribution in [0.1, 0.15) is 23.6 Å². The van der Waals surface area contributed by atoms with Crippen LogP contribution >= 0.6 is 0 Å². The average Bonchev–Trinajstić information content (AvgIpc) is 3.05. The van der Waals surface area contributed by atoms with Crippen molar-refractivity contribution >= 4 is 11.2 Å². The first-order valence-electron chi connectivity index (χ1n) is 8.95. The van der Waals surface area contributed by atoms with Crippen LogP contribution in [0.5, 0.6) is 0 Å². The number of rotatable bonds is 6. The van der Waals surface area contributed by atoms with Crippen LogP contribution in [0.25, 0.3) is 11.1 Å². The largest absolute Gasteiger partial charge is 0.194 e. The smallest absolute Gasteiger partial charge is 0.168 e. The molecule has 0 heterocycles. The van der Waals surface area contributed by atoms with Crippen molar-refractivity contribution in [1.29, 1.82) is 0 Å². The molecule has 25 heavy (non-hydrogen) atoms. The van der Waals surface area contributed by atoms with Gasteiger partial charge >= 0.3 is 0 Å². The number of fused-ring (bicyclic) bond motifs is 3. The van der Waals surface area contributed by atoms with Crippen LogP contribution in [0.4, 0.5) is 0 Å². The minimum absolute atomic E-state index is 0.158. The maximum absolute atomic E-state index is 6.20. The Kier molecular flexibility index (Phi) is 4.91. The molecule has 0 bridgehead atoms. The van der Waals surface area contributed by atoms with Crippen LogP contribution in [0, 0.1) is 0 Å². The Balaban J connectivity index is 1.63. The van der Waals surface area contributed by atoms with Crippen molar-refractivity contribution in [3.63, 3.8) is 0 Å². The van der Waals surface area contributed by atoms with Gasteiger partial charge in [0.05, 0.1) is 0 Å². The van der Waals surface area contributed by atoms with Crippen LogP contribution in [-0.2, 0) is 28.2 Å². The summed E-state index contributed by atoms with van der Waals surface area (Å²) in [4.78, 5) is 1.39. The first kappa shape index (κ1) is 16.4. The van der Waals surface area contributed by atoms with Gasteiger partial charge in [0.2, 0.25) is 0 Å². The second kappa shape index (κ2) is 7.47. The topological polar surface area (TPSA) is 9.23 Å². The highest BCUT2D eigenvalue weighted by atomic mass is 32.2. The van der Waals surface area contributed by atoms with Gasteiger partial charge in [-0.25, -0.2) is 0 Å². The maximum atomic E-state index is 6.20. The molecule has 0 fully saturated rings. The van der Waals surface area contributed by atoms with E-state index < -0.39 is 0 Å². The molecule has 0 N–H and O–H groups in total. The van der Waals surface area contributed by atoms with Gasteiger partial charge in [-0.3, -0.25) is 0 Å². The van der Waals surface area contributed by atoms with Crippen molar-refractivity contribution in [2.75, 3.05) is 12.4 Å². The van der Waals surface area contributed by atoms with Crippen LogP contribution in [-0.4, -0.2) is 12.4 Å². The Morgan fingerprint density at radius 1 is 0.840 bits per heavy atom. The molecular weight excluding hydrogens is 324 g/mol. The highest BCUT2D eigenvalue weighted by molar-refractivity contribution is 7.92. The first-order chi connectivity index (χ1) is 12.4. The summed E-state index contributed by atoms with van der Waals surface area (Å²) in [6, 6.07) is 26.2. The number of hydrogen-bond acceptors (Lipinski definition) is 1. The van der Waals surface area contributed by atoms with Crippen molar-refractivity contribution in [3.8, 4) is 11.1 Å². The second-order valence-corrected chi connectivity index (χ2v) is 8.08. The molecule has 0 saturated heterocycles. The summed E-state index contributed by atoms with van der Waals surface area (Å²) in [7, 11) is 0. The molecule has 4 rings (SSSR count). The molecule has 0 amide bonds. The Morgan fingerprint density at radius 3 is 2.44 bits per heavy atom. The third-order valence-electron chi connectivity index (χ3n) is 4.73. The zero-order chi connectivity index (χ0) is 17.1. The summed E-state index contributed by atoms with van der Waals surface area (Å²) in [6.45, 7) is 2.86. The monoisotopic (exact) mass is 347 g/mol. The number of hydrogen-bond donors (Lipinski definition) is 0. The van der Waals surface area contributed by atoms with Gasteiger partial charge in [-0.05, 0) is 35.2 Å². The van der Waals surface area contributed by atoms with Crippen molar-refractivity contribution in [2.45, 2.75) is 24.7 Å². The summed E-state index contributed by atoms with van der Waals surface area (Å²) in [6.07, 6.45) is 2.09. The third-order valence-corrected chi connectivity index (χ3v) is 6.70. The summed E-state index contributed by atoms with van der Waals surface area (Å²) in [5.74, 6) is 1.05. The van der Waals surface area contributed by atoms with Crippen molar-refractivity contribution in [3.05, 3.63) is 89.5 Å². The standard InChI is InChI=1S/C23H23OS/c1-2-24-25(16-15-18-9-4-3-5-10-18)23-14-8-13-21-20-12-7-6-11-19(20)17-22(21)23/h3-14H,2,15-17H2,1H3/q+1. The van der Waals surface area contributed by atoms with E-state index >= 15 is 0 Å². The SMILES string of the molecule is CCO[S+](CCc1ccccc1)c1cccc2c1Cc1ccccc1-2. The van der Waals surface area contributed by atoms with E-state index in [9.17, 15) is 0 Å². The van der Waals surface area contributed by atoms with E-state index in [-0.39, 0.29) is 11.2 Å². The fraction of sp³-hybridized carbons (Fsp3) is 0.217. The molecule has 1 atom stereocenters. The predicted octanol–water partition coefficient (Wildman–Crippen LogP) is 5.43. The lowest BCUT2D eigenvalue weighted by atomic mass is 10.1. The maximum Gasteiger partial charge on any atom is 0.194 e. The molecule has 1 nitrogen and oxygen atoms in total. The Morgan fingerprint density at radius 2 is 1.60 bits per heavy atom. The molecular formula is C23H23OS+. The van der Waals surface area contributed by atoms with Crippen LogP contribution < -0.4 is 0 Å². The van der Waals surface area contributed by atoms with Gasteiger partial charge in [-0.15, -0.1) is 0 Å². The van der Waals surface area contributed by atoms with E-state index in [0.29, 0.717) is 0 Å². The lowest BCUT2D eigenvalue weighted by Gasteiger charge is -2.10. The normalized spacial score (nSPS) is 13.3. The van der Waals surface area contributed by atoms with Gasteiger partial charge in [0.15, 0.2) is 21.8 Å². The molecule has 3 aromatic rings. The minimum Gasteiger partial charge on any atom is -0.168 e. The number of benzene rings is 3. The fourth-order valence-electron chi connectivity index (χ4n) is 3.57. The Bertz CT molecular complexity index is 857. The average molecular weight is 348 g/mol. The lowest BCUT2D eigenvalue weighted by molar-refractivity contribution is 0.387. The molecule has 0 radical (unpaired) electrons. The van der Waals surface area contributed by atoms with Crippen LogP contribution in [0.3, 0.4) is 0 Å². The second-order valence-electron chi connectivity index (χ2n) is 6.31. The van der Waals surface area contributed by atoms with Gasteiger partial charge in [0, 0.05) is 18.4 Å². The zero-order valence-electron chi connectivity index (χ0n) is 14.6. The van der Waals surface area contributed by atoms with Gasteiger partial charge in [-0.2, -0.15) is 4.18 Å². The Hall–Kier alpha value is -2.03. The third kappa shape index (κ3) is 3.37. The lowest BCUT2D eigenvalue weighted by Crippen LogP contribution is -2.16. The summed E-state index contributed by atoms with van der Waals surface area (Å²) >= 11 is -0.158. The first-order valence-corrected chi connectivity index (χ1v) is 10.3.